The molecule has 2 aliphatic heterocycles. The summed E-state index contributed by atoms with van der Waals surface area (Å²) >= 11 is 6.49. The number of piperidine rings is 1. The molecule has 1 fully saturated rings. The van der Waals surface area contributed by atoms with Crippen LogP contribution in [0.2, 0.25) is 0 Å². The van der Waals surface area contributed by atoms with Gasteiger partial charge in [0.15, 0.2) is 10.9 Å². The predicted molar refractivity (Wildman–Crippen MR) is 111 cm³/mol. The number of methoxy groups -OCH3 is 1. The maximum atomic E-state index is 11.8. The van der Waals surface area contributed by atoms with Gasteiger partial charge in [-0.2, -0.15) is 0 Å². The van der Waals surface area contributed by atoms with Crippen molar-refractivity contribution in [3.05, 3.63) is 56.6 Å². The van der Waals surface area contributed by atoms with Gasteiger partial charge in [0.2, 0.25) is 0 Å². The Hall–Kier alpha value is -2.41. The number of hydrazine groups is 1. The fraction of sp³-hybridized carbons (Fsp3) is 0.500. The molecule has 0 atom stereocenters. The van der Waals surface area contributed by atoms with Crippen LogP contribution in [0, 0.1) is 10.1 Å². The number of nitrogens with zero attached hydrogens (tertiary/aromatic N) is 3. The Bertz CT molecular complexity index is 823. The van der Waals surface area contributed by atoms with Crippen LogP contribution in [0.5, 0.6) is 5.75 Å². The highest BCUT2D eigenvalue weighted by molar-refractivity contribution is 6.30. The van der Waals surface area contributed by atoms with Crippen molar-refractivity contribution in [2.75, 3.05) is 25.2 Å². The normalized spacial score (nSPS) is 18.0. The third-order valence-electron chi connectivity index (χ3n) is 5.06. The number of hydrogen-bond acceptors (Lipinski definition) is 6. The zero-order valence-corrected chi connectivity index (χ0v) is 17.5. The average Bonchev–Trinajstić information content (AvgIpc) is 2.66. The van der Waals surface area contributed by atoms with Crippen LogP contribution in [0.3, 0.4) is 0 Å². The highest BCUT2D eigenvalue weighted by atomic mass is 35.5. The SMILES string of the molecule is COc1cc(N2C=C([N+](=O)[O-])C(N3CCCCC3)=C(Cl)N2)ccc1C(C)(C)C. The van der Waals surface area contributed by atoms with E-state index in [4.69, 9.17) is 16.3 Å². The van der Waals surface area contributed by atoms with Crippen LogP contribution in [0.4, 0.5) is 5.69 Å². The zero-order valence-electron chi connectivity index (χ0n) is 16.8. The molecule has 0 unspecified atom stereocenters. The third kappa shape index (κ3) is 4.04. The Balaban J connectivity index is 1.97. The number of likely N-dealkylation sites (tertiary alicyclic amines) is 1. The molecule has 8 heteroatoms. The Morgan fingerprint density at radius 1 is 1.21 bits per heavy atom. The van der Waals surface area contributed by atoms with Gasteiger partial charge in [0.05, 0.1) is 17.7 Å². The van der Waals surface area contributed by atoms with Gasteiger partial charge in [-0.25, -0.2) is 0 Å². The summed E-state index contributed by atoms with van der Waals surface area (Å²) in [5, 5.41) is 13.6. The molecule has 1 saturated heterocycles. The smallest absolute Gasteiger partial charge is 0.313 e. The van der Waals surface area contributed by atoms with E-state index < -0.39 is 0 Å². The maximum absolute atomic E-state index is 11.8. The number of nitrogens with one attached hydrogen (secondary N) is 1. The monoisotopic (exact) mass is 406 g/mol. The first-order valence-corrected chi connectivity index (χ1v) is 9.86. The van der Waals surface area contributed by atoms with Gasteiger partial charge in [-0.15, -0.1) is 0 Å². The molecule has 2 heterocycles. The molecule has 7 nitrogen and oxygen atoms in total. The van der Waals surface area contributed by atoms with Gasteiger partial charge in [-0.3, -0.25) is 20.5 Å². The molecule has 0 aliphatic carbocycles. The van der Waals surface area contributed by atoms with Crippen LogP contribution in [0.1, 0.15) is 45.6 Å². The molecule has 0 aromatic heterocycles. The standard InChI is InChI=1S/C20H27ClN4O3/c1-20(2,3)15-9-8-14(12-17(15)28-4)24-13-16(25(26)27)18(19(21)22-24)23-10-6-5-7-11-23/h8-9,12-13,22H,5-7,10-11H2,1-4H3. The number of halogens is 1. The Morgan fingerprint density at radius 3 is 2.46 bits per heavy atom. The van der Waals surface area contributed by atoms with Crippen LogP contribution in [0.25, 0.3) is 0 Å². The number of rotatable bonds is 4. The third-order valence-corrected chi connectivity index (χ3v) is 5.32. The molecule has 0 bridgehead atoms. The lowest BCUT2D eigenvalue weighted by molar-refractivity contribution is -0.423. The summed E-state index contributed by atoms with van der Waals surface area (Å²) in [6.07, 6.45) is 4.64. The fourth-order valence-corrected chi connectivity index (χ4v) is 3.93. The van der Waals surface area contributed by atoms with Crippen LogP contribution in [-0.2, 0) is 5.41 Å². The first kappa shape index (κ1) is 20.3. The van der Waals surface area contributed by atoms with Gasteiger partial charge in [0.25, 0.3) is 0 Å². The lowest BCUT2D eigenvalue weighted by Gasteiger charge is -2.34. The number of nitro groups is 1. The fourth-order valence-electron chi connectivity index (χ4n) is 3.63. The largest absolute Gasteiger partial charge is 0.496 e. The highest BCUT2D eigenvalue weighted by Gasteiger charge is 2.33. The van der Waals surface area contributed by atoms with E-state index in [0.29, 0.717) is 11.4 Å². The summed E-state index contributed by atoms with van der Waals surface area (Å²) in [5.41, 5.74) is 5.21. The van der Waals surface area contributed by atoms with E-state index in [1.807, 2.05) is 23.1 Å². The quantitative estimate of drug-likeness (QED) is 0.456. The first-order chi connectivity index (χ1) is 13.2. The molecule has 28 heavy (non-hydrogen) atoms. The Kier molecular flexibility index (Phi) is 5.74. The number of hydrogen-bond donors (Lipinski definition) is 1. The molecule has 1 N–H and O–H groups in total. The van der Waals surface area contributed by atoms with Crippen LogP contribution >= 0.6 is 11.6 Å². The summed E-state index contributed by atoms with van der Waals surface area (Å²) < 4.78 is 5.56. The number of benzene rings is 1. The zero-order chi connectivity index (χ0) is 20.5. The second kappa shape index (κ2) is 7.91. The molecule has 0 amide bonds. The van der Waals surface area contributed by atoms with Crippen molar-refractivity contribution in [2.45, 2.75) is 45.4 Å². The van der Waals surface area contributed by atoms with Gasteiger partial charge < -0.3 is 9.64 Å². The van der Waals surface area contributed by atoms with Crippen molar-refractivity contribution < 1.29 is 9.66 Å². The second-order valence-corrected chi connectivity index (χ2v) is 8.48. The van der Waals surface area contributed by atoms with Crippen molar-refractivity contribution in [1.29, 1.82) is 0 Å². The molecule has 152 valence electrons. The van der Waals surface area contributed by atoms with E-state index in [9.17, 15) is 10.1 Å². The van der Waals surface area contributed by atoms with E-state index in [2.05, 4.69) is 26.2 Å². The van der Waals surface area contributed by atoms with E-state index in [1.54, 1.807) is 12.1 Å². The van der Waals surface area contributed by atoms with Gasteiger partial charge >= 0.3 is 5.70 Å². The van der Waals surface area contributed by atoms with Crippen molar-refractivity contribution in [3.8, 4) is 5.75 Å². The minimum absolute atomic E-state index is 0.00971. The summed E-state index contributed by atoms with van der Waals surface area (Å²) in [7, 11) is 1.62. The summed E-state index contributed by atoms with van der Waals surface area (Å²) in [5.74, 6) is 0.727. The molecule has 1 aromatic carbocycles. The summed E-state index contributed by atoms with van der Waals surface area (Å²) in [6.45, 7) is 7.87. The lowest BCUT2D eigenvalue weighted by Crippen LogP contribution is -2.42. The van der Waals surface area contributed by atoms with E-state index in [-0.39, 0.29) is 21.2 Å². The minimum Gasteiger partial charge on any atom is -0.496 e. The van der Waals surface area contributed by atoms with E-state index in [0.717, 1.165) is 43.7 Å². The lowest BCUT2D eigenvalue weighted by atomic mass is 9.86. The molecule has 1 aromatic rings. The highest BCUT2D eigenvalue weighted by Crippen LogP contribution is 2.36. The van der Waals surface area contributed by atoms with Gasteiger partial charge in [0, 0.05) is 19.2 Å². The van der Waals surface area contributed by atoms with Crippen molar-refractivity contribution in [1.82, 2.24) is 10.3 Å². The van der Waals surface area contributed by atoms with Gasteiger partial charge in [0.1, 0.15) is 11.9 Å². The van der Waals surface area contributed by atoms with E-state index in [1.165, 1.54) is 6.20 Å². The van der Waals surface area contributed by atoms with Crippen LogP contribution in [0.15, 0.2) is 40.9 Å². The predicted octanol–water partition coefficient (Wildman–Crippen LogP) is 4.33. The molecule has 2 aliphatic rings. The molecule has 3 rings (SSSR count). The van der Waals surface area contributed by atoms with Crippen molar-refractivity contribution >= 4 is 17.3 Å². The maximum Gasteiger partial charge on any atom is 0.313 e. The Labute approximate surface area is 170 Å². The van der Waals surface area contributed by atoms with Gasteiger partial charge in [-0.05, 0) is 36.3 Å². The molecular formula is C20H27ClN4O3. The van der Waals surface area contributed by atoms with Crippen molar-refractivity contribution in [3.63, 3.8) is 0 Å². The number of anilines is 1. The van der Waals surface area contributed by atoms with Gasteiger partial charge in [-0.1, -0.05) is 38.4 Å². The first-order valence-electron chi connectivity index (χ1n) is 9.48. The summed E-state index contributed by atoms with van der Waals surface area (Å²) in [4.78, 5) is 13.4. The molecule has 0 spiro atoms. The van der Waals surface area contributed by atoms with Crippen LogP contribution in [-0.4, -0.2) is 30.0 Å². The second-order valence-electron chi connectivity index (χ2n) is 8.10. The summed E-state index contributed by atoms with van der Waals surface area (Å²) in [6, 6.07) is 5.74. The average molecular weight is 407 g/mol. The van der Waals surface area contributed by atoms with E-state index >= 15 is 0 Å². The topological polar surface area (TPSA) is 70.9 Å². The molecule has 0 radical (unpaired) electrons. The Morgan fingerprint density at radius 2 is 1.89 bits per heavy atom. The molecule has 0 saturated carbocycles. The van der Waals surface area contributed by atoms with Crippen LogP contribution < -0.4 is 15.2 Å². The molecular weight excluding hydrogens is 380 g/mol. The van der Waals surface area contributed by atoms with Crippen molar-refractivity contribution in [2.24, 2.45) is 0 Å². The number of ether oxygens (including phenoxy) is 1. The minimum atomic E-state index is -0.374.